The van der Waals surface area contributed by atoms with Crippen LogP contribution in [-0.2, 0) is 0 Å². The summed E-state index contributed by atoms with van der Waals surface area (Å²) in [5.74, 6) is -1.14. The topological polar surface area (TPSA) is 66.0 Å². The second-order valence-electron chi connectivity index (χ2n) is 4.29. The number of rotatable bonds is 2. The van der Waals surface area contributed by atoms with Crippen LogP contribution in [-0.4, -0.2) is 21.3 Å². The smallest absolute Gasteiger partial charge is 0.338 e. The summed E-state index contributed by atoms with van der Waals surface area (Å²) in [6.07, 6.45) is 1.73. The van der Waals surface area contributed by atoms with Gasteiger partial charge in [-0.05, 0) is 29.3 Å². The van der Waals surface area contributed by atoms with E-state index in [9.17, 15) is 4.79 Å². The summed E-state index contributed by atoms with van der Waals surface area (Å²) < 4.78 is 0. The zero-order valence-corrected chi connectivity index (χ0v) is 11.5. The summed E-state index contributed by atoms with van der Waals surface area (Å²) in [5, 5.41) is 17.1. The zero-order chi connectivity index (χ0) is 14.3. The molecule has 0 atom stereocenters. The molecule has 0 aliphatic heterocycles. The van der Waals surface area contributed by atoms with Gasteiger partial charge in [0, 0.05) is 5.39 Å². The molecular formula is C14H8Cl2N2O2. The molecule has 1 heterocycles. The molecule has 2 aromatic carbocycles. The van der Waals surface area contributed by atoms with E-state index >= 15 is 0 Å². The van der Waals surface area contributed by atoms with E-state index in [2.05, 4.69) is 10.2 Å². The van der Waals surface area contributed by atoms with Crippen LogP contribution in [0.5, 0.6) is 0 Å². The lowest BCUT2D eigenvalue weighted by molar-refractivity contribution is 0.0697. The summed E-state index contributed by atoms with van der Waals surface area (Å²) in [7, 11) is 0. The minimum Gasteiger partial charge on any atom is -0.478 e. The van der Waals surface area contributed by atoms with Crippen molar-refractivity contribution in [2.24, 2.45) is 0 Å². The summed E-state index contributed by atoms with van der Waals surface area (Å²) in [6, 6.07) is 8.91. The Morgan fingerprint density at radius 2 is 1.80 bits per heavy atom. The third kappa shape index (κ3) is 2.13. The molecule has 3 aromatic rings. The quantitative estimate of drug-likeness (QED) is 0.744. The first kappa shape index (κ1) is 13.0. The van der Waals surface area contributed by atoms with Crippen molar-refractivity contribution >= 4 is 40.1 Å². The second-order valence-corrected chi connectivity index (χ2v) is 5.11. The average Bonchev–Trinajstić information content (AvgIpc) is 2.84. The van der Waals surface area contributed by atoms with Gasteiger partial charge in [-0.1, -0.05) is 35.3 Å². The Balaban J connectivity index is 2.16. The Labute approximate surface area is 123 Å². The highest BCUT2D eigenvalue weighted by molar-refractivity contribution is 6.39. The van der Waals surface area contributed by atoms with E-state index in [1.807, 2.05) is 18.2 Å². The van der Waals surface area contributed by atoms with E-state index in [1.54, 1.807) is 18.3 Å². The molecule has 6 heteroatoms. The molecule has 4 nitrogen and oxygen atoms in total. The lowest BCUT2D eigenvalue weighted by Gasteiger charge is -2.07. The number of aromatic carboxylic acids is 1. The summed E-state index contributed by atoms with van der Waals surface area (Å²) in [4.78, 5) is 11.0. The minimum absolute atomic E-state index is 0.0836. The van der Waals surface area contributed by atoms with Crippen LogP contribution >= 0.6 is 23.2 Å². The van der Waals surface area contributed by atoms with Gasteiger partial charge in [-0.25, -0.2) is 4.79 Å². The van der Waals surface area contributed by atoms with Crippen molar-refractivity contribution in [3.8, 4) is 11.1 Å². The minimum atomic E-state index is -1.14. The van der Waals surface area contributed by atoms with Gasteiger partial charge in [0.15, 0.2) is 0 Å². The molecule has 3 rings (SSSR count). The first-order chi connectivity index (χ1) is 9.56. The number of carbonyl (C=O) groups is 1. The number of halogens is 2. The molecule has 20 heavy (non-hydrogen) atoms. The van der Waals surface area contributed by atoms with Gasteiger partial charge in [-0.3, -0.25) is 5.10 Å². The molecule has 0 saturated heterocycles. The van der Waals surface area contributed by atoms with E-state index in [0.717, 1.165) is 22.0 Å². The number of aromatic nitrogens is 2. The monoisotopic (exact) mass is 306 g/mol. The highest BCUT2D eigenvalue weighted by Crippen LogP contribution is 2.32. The van der Waals surface area contributed by atoms with E-state index in [1.165, 1.54) is 0 Å². The second kappa shape index (κ2) is 4.81. The fourth-order valence-corrected chi connectivity index (χ4v) is 2.71. The number of fused-ring (bicyclic) bond motifs is 1. The lowest BCUT2D eigenvalue weighted by atomic mass is 10.0. The van der Waals surface area contributed by atoms with Gasteiger partial charge in [0.05, 0.1) is 27.3 Å². The van der Waals surface area contributed by atoms with Crippen molar-refractivity contribution < 1.29 is 9.90 Å². The van der Waals surface area contributed by atoms with Crippen molar-refractivity contribution in [3.05, 3.63) is 52.1 Å². The Kier molecular flexibility index (Phi) is 3.12. The van der Waals surface area contributed by atoms with Crippen molar-refractivity contribution in [2.75, 3.05) is 0 Å². The number of hydrogen-bond donors (Lipinski definition) is 2. The Morgan fingerprint density at radius 1 is 1.10 bits per heavy atom. The van der Waals surface area contributed by atoms with Crippen LogP contribution in [0, 0.1) is 0 Å². The van der Waals surface area contributed by atoms with Crippen LogP contribution < -0.4 is 0 Å². The summed E-state index contributed by atoms with van der Waals surface area (Å²) in [6.45, 7) is 0. The number of H-pyrrole nitrogens is 1. The summed E-state index contributed by atoms with van der Waals surface area (Å²) in [5.41, 5.74) is 2.43. The van der Waals surface area contributed by atoms with Crippen molar-refractivity contribution in [2.45, 2.75) is 0 Å². The van der Waals surface area contributed by atoms with Gasteiger partial charge in [0.1, 0.15) is 0 Å². The van der Waals surface area contributed by atoms with Crippen LogP contribution in [0.15, 0.2) is 36.5 Å². The van der Waals surface area contributed by atoms with Crippen LogP contribution in [0.4, 0.5) is 0 Å². The van der Waals surface area contributed by atoms with Crippen LogP contribution in [0.2, 0.25) is 10.0 Å². The number of nitrogens with one attached hydrogen (secondary N) is 1. The highest BCUT2D eigenvalue weighted by atomic mass is 35.5. The fraction of sp³-hybridized carbons (Fsp3) is 0. The molecule has 0 aliphatic rings. The largest absolute Gasteiger partial charge is 0.478 e. The summed E-state index contributed by atoms with van der Waals surface area (Å²) >= 11 is 12.0. The third-order valence-electron chi connectivity index (χ3n) is 3.03. The van der Waals surface area contributed by atoms with Crippen LogP contribution in [0.25, 0.3) is 22.0 Å². The Hall–Kier alpha value is -2.04. The molecule has 2 N–H and O–H groups in total. The molecule has 100 valence electrons. The predicted molar refractivity (Wildman–Crippen MR) is 78.5 cm³/mol. The molecular weight excluding hydrogens is 299 g/mol. The third-order valence-corrected chi connectivity index (χ3v) is 3.63. The van der Waals surface area contributed by atoms with Crippen molar-refractivity contribution in [3.63, 3.8) is 0 Å². The SMILES string of the molecule is O=C(O)c1c(Cl)cc(-c2ccc3cn[nH]c3c2)cc1Cl. The first-order valence-corrected chi connectivity index (χ1v) is 6.47. The fourth-order valence-electron chi connectivity index (χ4n) is 2.06. The molecule has 0 bridgehead atoms. The first-order valence-electron chi connectivity index (χ1n) is 5.72. The number of carboxylic acid groups (broad SMARTS) is 1. The average molecular weight is 307 g/mol. The normalized spacial score (nSPS) is 10.9. The molecule has 0 aliphatic carbocycles. The number of nitrogens with zero attached hydrogens (tertiary/aromatic N) is 1. The van der Waals surface area contributed by atoms with E-state index < -0.39 is 5.97 Å². The van der Waals surface area contributed by atoms with Gasteiger partial charge < -0.3 is 5.11 Å². The molecule has 0 saturated carbocycles. The Morgan fingerprint density at radius 3 is 2.45 bits per heavy atom. The predicted octanol–water partition coefficient (Wildman–Crippen LogP) is 4.23. The lowest BCUT2D eigenvalue weighted by Crippen LogP contribution is -1.99. The van der Waals surface area contributed by atoms with Crippen LogP contribution in [0.1, 0.15) is 10.4 Å². The maximum atomic E-state index is 11.0. The van der Waals surface area contributed by atoms with Crippen LogP contribution in [0.3, 0.4) is 0 Å². The van der Waals surface area contributed by atoms with E-state index in [4.69, 9.17) is 28.3 Å². The van der Waals surface area contributed by atoms with Gasteiger partial charge in [0.2, 0.25) is 0 Å². The number of aromatic amines is 1. The maximum Gasteiger partial charge on any atom is 0.338 e. The molecule has 0 spiro atoms. The number of carboxylic acids is 1. The standard InChI is InChI=1S/C14H8Cl2N2O2/c15-10-3-9(4-11(16)13(10)14(19)20)7-1-2-8-6-17-18-12(8)5-7/h1-6H,(H,17,18)(H,19,20). The van der Waals surface area contributed by atoms with Crippen molar-refractivity contribution in [1.29, 1.82) is 0 Å². The molecule has 0 fully saturated rings. The van der Waals surface area contributed by atoms with Gasteiger partial charge in [0.25, 0.3) is 0 Å². The molecule has 0 radical (unpaired) electrons. The highest BCUT2D eigenvalue weighted by Gasteiger charge is 2.15. The van der Waals surface area contributed by atoms with E-state index in [0.29, 0.717) is 0 Å². The molecule has 1 aromatic heterocycles. The molecule has 0 amide bonds. The number of hydrogen-bond acceptors (Lipinski definition) is 2. The zero-order valence-electron chi connectivity index (χ0n) is 10.0. The molecule has 0 unspecified atom stereocenters. The van der Waals surface area contributed by atoms with Gasteiger partial charge in [-0.2, -0.15) is 5.10 Å². The number of benzene rings is 2. The van der Waals surface area contributed by atoms with Gasteiger partial charge >= 0.3 is 5.97 Å². The van der Waals surface area contributed by atoms with Gasteiger partial charge in [-0.15, -0.1) is 0 Å². The Bertz CT molecular complexity index is 804. The van der Waals surface area contributed by atoms with E-state index in [-0.39, 0.29) is 15.6 Å². The van der Waals surface area contributed by atoms with Crippen molar-refractivity contribution in [1.82, 2.24) is 10.2 Å². The maximum absolute atomic E-state index is 11.0.